The highest BCUT2D eigenvalue weighted by atomic mass is 35.5. The van der Waals surface area contributed by atoms with Crippen LogP contribution < -0.4 is 5.69 Å². The minimum atomic E-state index is -0.977. The predicted molar refractivity (Wildman–Crippen MR) is 86.3 cm³/mol. The zero-order chi connectivity index (χ0) is 16.9. The van der Waals surface area contributed by atoms with Crippen molar-refractivity contribution in [1.29, 1.82) is 0 Å². The van der Waals surface area contributed by atoms with E-state index in [0.717, 1.165) is 25.0 Å². The molecule has 2 aromatic heterocycles. The molecule has 1 fully saturated rings. The Bertz CT molecular complexity index is 868. The van der Waals surface area contributed by atoms with Crippen LogP contribution in [0.3, 0.4) is 0 Å². The van der Waals surface area contributed by atoms with Gasteiger partial charge in [-0.2, -0.15) is 5.10 Å². The van der Waals surface area contributed by atoms with E-state index in [9.17, 15) is 14.7 Å². The molecule has 1 aliphatic carbocycles. The highest BCUT2D eigenvalue weighted by molar-refractivity contribution is 6.29. The molecule has 2 aromatic rings. The van der Waals surface area contributed by atoms with Gasteiger partial charge in [-0.1, -0.05) is 17.7 Å². The molecule has 8 heteroatoms. The lowest BCUT2D eigenvalue weighted by molar-refractivity contribution is -0.141. The monoisotopic (exact) mass is 348 g/mol. The molecule has 1 N–H and O–H groups in total. The smallest absolute Gasteiger partial charge is 0.346 e. The molecule has 3 heterocycles. The lowest BCUT2D eigenvalue weighted by Crippen LogP contribution is -2.35. The second-order valence-corrected chi connectivity index (χ2v) is 6.99. The number of fused-ring (bicyclic) bond motifs is 1. The Morgan fingerprint density at radius 2 is 2.21 bits per heavy atom. The van der Waals surface area contributed by atoms with Gasteiger partial charge in [-0.05, 0) is 37.8 Å². The number of carbonyl (C=O) groups is 1. The van der Waals surface area contributed by atoms with Crippen molar-refractivity contribution >= 4 is 17.6 Å². The Balaban J connectivity index is 1.69. The Hall–Kier alpha value is -2.15. The Morgan fingerprint density at radius 1 is 1.42 bits per heavy atom. The zero-order valence-electron chi connectivity index (χ0n) is 13.0. The number of carboxylic acid groups (broad SMARTS) is 1. The molecule has 0 amide bonds. The van der Waals surface area contributed by atoms with Gasteiger partial charge in [-0.25, -0.2) is 19.3 Å². The van der Waals surface area contributed by atoms with E-state index in [1.807, 2.05) is 12.1 Å². The minimum Gasteiger partial charge on any atom is -0.480 e. The molecule has 2 aliphatic rings. The summed E-state index contributed by atoms with van der Waals surface area (Å²) in [5.41, 5.74) is 0.297. The van der Waals surface area contributed by atoms with Crippen LogP contribution in [-0.2, 0) is 23.2 Å². The Labute approximate surface area is 142 Å². The first-order valence-corrected chi connectivity index (χ1v) is 8.42. The lowest BCUT2D eigenvalue weighted by atomic mass is 10.0. The van der Waals surface area contributed by atoms with E-state index in [-0.39, 0.29) is 11.1 Å². The van der Waals surface area contributed by atoms with E-state index >= 15 is 0 Å². The highest BCUT2D eigenvalue weighted by Gasteiger charge is 2.47. The van der Waals surface area contributed by atoms with Crippen molar-refractivity contribution in [1.82, 2.24) is 19.3 Å². The van der Waals surface area contributed by atoms with Gasteiger partial charge in [0.25, 0.3) is 0 Å². The SMILES string of the molecule is O=C(O)[C@@H]1CCCc2nn(CC3(c4cccc(Cl)n4)CC3)c(=O)n21. The number of pyridine rings is 1. The van der Waals surface area contributed by atoms with E-state index in [2.05, 4.69) is 10.1 Å². The van der Waals surface area contributed by atoms with Crippen molar-refractivity contribution in [3.63, 3.8) is 0 Å². The summed E-state index contributed by atoms with van der Waals surface area (Å²) in [6, 6.07) is 4.68. The van der Waals surface area contributed by atoms with Crippen molar-refractivity contribution in [2.75, 3.05) is 0 Å². The van der Waals surface area contributed by atoms with Crippen LogP contribution in [-0.4, -0.2) is 30.4 Å². The van der Waals surface area contributed by atoms with Crippen molar-refractivity contribution in [2.24, 2.45) is 0 Å². The van der Waals surface area contributed by atoms with Crippen molar-refractivity contribution in [3.8, 4) is 0 Å². The van der Waals surface area contributed by atoms with Gasteiger partial charge in [0.15, 0.2) is 0 Å². The topological polar surface area (TPSA) is 90.0 Å². The number of halogens is 1. The molecule has 126 valence electrons. The third kappa shape index (κ3) is 2.43. The first-order valence-electron chi connectivity index (χ1n) is 8.04. The first kappa shape index (κ1) is 15.4. The normalized spacial score (nSPS) is 21.3. The second-order valence-electron chi connectivity index (χ2n) is 6.60. The maximum Gasteiger partial charge on any atom is 0.346 e. The third-order valence-corrected chi connectivity index (χ3v) is 5.19. The minimum absolute atomic E-state index is 0.224. The molecule has 7 nitrogen and oxygen atoms in total. The van der Waals surface area contributed by atoms with E-state index in [4.69, 9.17) is 11.6 Å². The van der Waals surface area contributed by atoms with Crippen molar-refractivity contribution in [3.05, 3.63) is 45.4 Å². The van der Waals surface area contributed by atoms with Crippen LogP contribution in [0.1, 0.15) is 43.2 Å². The molecule has 1 aliphatic heterocycles. The van der Waals surface area contributed by atoms with Gasteiger partial charge in [-0.3, -0.25) is 4.57 Å². The van der Waals surface area contributed by atoms with Gasteiger partial charge in [0.2, 0.25) is 0 Å². The number of nitrogens with zero attached hydrogens (tertiary/aromatic N) is 4. The lowest BCUT2D eigenvalue weighted by Gasteiger charge is -2.19. The fourth-order valence-corrected chi connectivity index (χ4v) is 3.67. The van der Waals surface area contributed by atoms with Gasteiger partial charge in [0.05, 0.1) is 12.2 Å². The van der Waals surface area contributed by atoms with E-state index in [1.165, 1.54) is 9.25 Å². The third-order valence-electron chi connectivity index (χ3n) is 4.98. The number of aromatic nitrogens is 4. The quantitative estimate of drug-likeness (QED) is 0.851. The second kappa shape index (κ2) is 5.44. The van der Waals surface area contributed by atoms with Gasteiger partial charge in [0.1, 0.15) is 17.0 Å². The van der Waals surface area contributed by atoms with Crippen molar-refractivity contribution < 1.29 is 9.90 Å². The standard InChI is InChI=1S/C16H17ClN4O3/c17-12-5-2-4-11(18-12)16(7-8-16)9-20-15(24)21-10(14(22)23)3-1-6-13(21)19-20/h2,4-5,10H,1,3,6-9H2,(H,22,23)/t10-/m0/s1. The molecule has 0 aromatic carbocycles. The molecule has 1 atom stereocenters. The number of aliphatic carboxylic acids is 1. The Kier molecular flexibility index (Phi) is 3.49. The molecule has 0 saturated heterocycles. The first-order chi connectivity index (χ1) is 11.5. The van der Waals surface area contributed by atoms with Gasteiger partial charge in [-0.15, -0.1) is 0 Å². The summed E-state index contributed by atoms with van der Waals surface area (Å²) < 4.78 is 2.75. The number of aryl methyl sites for hydroxylation is 1. The molecular weight excluding hydrogens is 332 g/mol. The number of hydrogen-bond donors (Lipinski definition) is 1. The maximum absolute atomic E-state index is 12.7. The molecule has 0 spiro atoms. The summed E-state index contributed by atoms with van der Waals surface area (Å²) in [5, 5.41) is 14.2. The zero-order valence-corrected chi connectivity index (χ0v) is 13.7. The predicted octanol–water partition coefficient (Wildman–Crippen LogP) is 1.79. The van der Waals surface area contributed by atoms with Crippen LogP contribution in [0, 0.1) is 0 Å². The van der Waals surface area contributed by atoms with E-state index in [0.29, 0.717) is 30.4 Å². The highest BCUT2D eigenvalue weighted by Crippen LogP contribution is 2.48. The summed E-state index contributed by atoms with van der Waals surface area (Å²) >= 11 is 5.98. The largest absolute Gasteiger partial charge is 0.480 e. The fourth-order valence-electron chi connectivity index (χ4n) is 3.50. The molecule has 0 bridgehead atoms. The molecule has 24 heavy (non-hydrogen) atoms. The molecule has 0 radical (unpaired) electrons. The van der Waals surface area contributed by atoms with E-state index in [1.54, 1.807) is 6.07 Å². The van der Waals surface area contributed by atoms with Crippen molar-refractivity contribution in [2.45, 2.75) is 50.1 Å². The van der Waals surface area contributed by atoms with Crippen LogP contribution in [0.2, 0.25) is 5.15 Å². The summed E-state index contributed by atoms with van der Waals surface area (Å²) in [6.45, 7) is 0.408. The summed E-state index contributed by atoms with van der Waals surface area (Å²) in [4.78, 5) is 28.5. The number of hydrogen-bond acceptors (Lipinski definition) is 4. The summed E-state index contributed by atoms with van der Waals surface area (Å²) in [5.74, 6) is -0.413. The fraction of sp³-hybridized carbons (Fsp3) is 0.500. The van der Waals surface area contributed by atoms with E-state index < -0.39 is 12.0 Å². The molecule has 0 unspecified atom stereocenters. The van der Waals surface area contributed by atoms with Crippen LogP contribution in [0.4, 0.5) is 0 Å². The van der Waals surface area contributed by atoms with Crippen LogP contribution in [0.5, 0.6) is 0 Å². The maximum atomic E-state index is 12.7. The van der Waals surface area contributed by atoms with Gasteiger partial charge < -0.3 is 5.11 Å². The van der Waals surface area contributed by atoms with Gasteiger partial charge in [0, 0.05) is 11.8 Å². The average Bonchev–Trinajstić information content (AvgIpc) is 3.27. The van der Waals surface area contributed by atoms with Crippen LogP contribution >= 0.6 is 11.6 Å². The Morgan fingerprint density at radius 3 is 2.88 bits per heavy atom. The molecule has 4 rings (SSSR count). The van der Waals surface area contributed by atoms with Gasteiger partial charge >= 0.3 is 11.7 Å². The summed E-state index contributed by atoms with van der Waals surface area (Å²) in [7, 11) is 0. The summed E-state index contributed by atoms with van der Waals surface area (Å²) in [6.07, 6.45) is 3.66. The number of rotatable bonds is 4. The van der Waals surface area contributed by atoms with Crippen LogP contribution in [0.15, 0.2) is 23.0 Å². The molecular formula is C16H17ClN4O3. The number of carboxylic acids is 1. The average molecular weight is 349 g/mol. The van der Waals surface area contributed by atoms with Crippen LogP contribution in [0.25, 0.3) is 0 Å². The molecule has 1 saturated carbocycles.